The van der Waals surface area contributed by atoms with Crippen molar-refractivity contribution in [1.82, 2.24) is 4.72 Å². The summed E-state index contributed by atoms with van der Waals surface area (Å²) in [5, 5.41) is 0. The number of fused-ring (bicyclic) bond motifs is 1. The molecule has 0 bridgehead atoms. The molecule has 1 amide bonds. The SMILES string of the molecule is CCNS(=O)(=O)c1ccc2c(c1)C[C@H](C)N2C(=O)c1ccccc1. The summed E-state index contributed by atoms with van der Waals surface area (Å²) in [5.74, 6) is -0.0656. The van der Waals surface area contributed by atoms with E-state index in [2.05, 4.69) is 4.72 Å². The smallest absolute Gasteiger partial charge is 0.258 e. The standard InChI is InChI=1S/C18H20N2O3S/c1-3-19-24(22,23)16-9-10-17-15(12-16)11-13(2)20(17)18(21)14-7-5-4-6-8-14/h4-10,12-13,19H,3,11H2,1-2H3/t13-/m0/s1. The molecule has 1 atom stereocenters. The molecular weight excluding hydrogens is 324 g/mol. The lowest BCUT2D eigenvalue weighted by molar-refractivity contribution is 0.0981. The van der Waals surface area contributed by atoms with Crippen LogP contribution in [-0.2, 0) is 16.4 Å². The zero-order chi connectivity index (χ0) is 17.3. The molecule has 0 saturated carbocycles. The Balaban J connectivity index is 1.97. The largest absolute Gasteiger partial charge is 0.305 e. The van der Waals surface area contributed by atoms with Gasteiger partial charge < -0.3 is 4.90 Å². The van der Waals surface area contributed by atoms with Gasteiger partial charge >= 0.3 is 0 Å². The van der Waals surface area contributed by atoms with E-state index in [1.807, 2.05) is 25.1 Å². The zero-order valence-electron chi connectivity index (χ0n) is 13.7. The van der Waals surface area contributed by atoms with Crippen molar-refractivity contribution in [2.45, 2.75) is 31.2 Å². The topological polar surface area (TPSA) is 66.5 Å². The number of carbonyl (C=O) groups is 1. The first-order chi connectivity index (χ1) is 11.4. The van der Waals surface area contributed by atoms with E-state index in [1.54, 1.807) is 42.2 Å². The minimum absolute atomic E-state index is 0.00945. The number of hydrogen-bond donors (Lipinski definition) is 1. The second kappa shape index (κ2) is 6.37. The molecule has 1 heterocycles. The number of nitrogens with one attached hydrogen (secondary N) is 1. The Morgan fingerprint density at radius 2 is 1.92 bits per heavy atom. The maximum Gasteiger partial charge on any atom is 0.258 e. The average molecular weight is 344 g/mol. The van der Waals surface area contributed by atoms with E-state index >= 15 is 0 Å². The molecule has 6 heteroatoms. The Kier molecular flexibility index (Phi) is 4.43. The van der Waals surface area contributed by atoms with Crippen LogP contribution in [0.3, 0.4) is 0 Å². The number of rotatable bonds is 4. The minimum Gasteiger partial charge on any atom is -0.305 e. The summed E-state index contributed by atoms with van der Waals surface area (Å²) in [6.45, 7) is 4.06. The normalized spacial score (nSPS) is 16.9. The van der Waals surface area contributed by atoms with E-state index in [4.69, 9.17) is 0 Å². The zero-order valence-corrected chi connectivity index (χ0v) is 14.5. The first-order valence-corrected chi connectivity index (χ1v) is 9.43. The van der Waals surface area contributed by atoms with Crippen LogP contribution in [-0.4, -0.2) is 26.9 Å². The lowest BCUT2D eigenvalue weighted by Crippen LogP contribution is -2.35. The number of nitrogens with zero attached hydrogens (tertiary/aromatic N) is 1. The highest BCUT2D eigenvalue weighted by molar-refractivity contribution is 7.89. The van der Waals surface area contributed by atoms with Gasteiger partial charge in [-0.25, -0.2) is 13.1 Å². The predicted octanol–water partition coefficient (Wildman–Crippen LogP) is 2.58. The first kappa shape index (κ1) is 16.7. The van der Waals surface area contributed by atoms with Crippen LogP contribution in [0.15, 0.2) is 53.4 Å². The number of carbonyl (C=O) groups excluding carboxylic acids is 1. The molecule has 1 N–H and O–H groups in total. The van der Waals surface area contributed by atoms with Crippen molar-refractivity contribution in [2.24, 2.45) is 0 Å². The molecule has 0 aliphatic carbocycles. The van der Waals surface area contributed by atoms with Gasteiger partial charge in [0, 0.05) is 23.8 Å². The van der Waals surface area contributed by atoms with Crippen LogP contribution in [0, 0.1) is 0 Å². The Labute approximate surface area is 142 Å². The van der Waals surface area contributed by atoms with Crippen molar-refractivity contribution in [1.29, 1.82) is 0 Å². The molecule has 3 rings (SSSR count). The summed E-state index contributed by atoms with van der Waals surface area (Å²) >= 11 is 0. The van der Waals surface area contributed by atoms with Crippen molar-refractivity contribution in [2.75, 3.05) is 11.4 Å². The molecule has 2 aromatic rings. The molecule has 5 nitrogen and oxygen atoms in total. The third kappa shape index (κ3) is 2.95. The number of hydrogen-bond acceptors (Lipinski definition) is 3. The van der Waals surface area contributed by atoms with E-state index in [-0.39, 0.29) is 16.8 Å². The van der Waals surface area contributed by atoms with Crippen LogP contribution in [0.1, 0.15) is 29.8 Å². The average Bonchev–Trinajstić information content (AvgIpc) is 2.90. The highest BCUT2D eigenvalue weighted by atomic mass is 32.2. The molecule has 1 aliphatic heterocycles. The van der Waals surface area contributed by atoms with Crippen LogP contribution in [0.5, 0.6) is 0 Å². The maximum atomic E-state index is 12.8. The molecule has 0 spiro atoms. The number of benzene rings is 2. The Morgan fingerprint density at radius 1 is 1.21 bits per heavy atom. The number of sulfonamides is 1. The third-order valence-corrected chi connectivity index (χ3v) is 5.69. The predicted molar refractivity (Wildman–Crippen MR) is 93.7 cm³/mol. The maximum absolute atomic E-state index is 12.8. The summed E-state index contributed by atoms with van der Waals surface area (Å²) in [5.41, 5.74) is 2.29. The van der Waals surface area contributed by atoms with Gasteiger partial charge in [0.1, 0.15) is 0 Å². The molecule has 0 fully saturated rings. The molecule has 0 radical (unpaired) electrons. The van der Waals surface area contributed by atoms with E-state index in [0.29, 0.717) is 18.5 Å². The minimum atomic E-state index is -3.49. The van der Waals surface area contributed by atoms with Gasteiger partial charge in [0.2, 0.25) is 10.0 Å². The Hall–Kier alpha value is -2.18. The summed E-state index contributed by atoms with van der Waals surface area (Å²) < 4.78 is 26.8. The van der Waals surface area contributed by atoms with Crippen molar-refractivity contribution in [3.8, 4) is 0 Å². The van der Waals surface area contributed by atoms with Crippen molar-refractivity contribution >= 4 is 21.6 Å². The van der Waals surface area contributed by atoms with E-state index in [9.17, 15) is 13.2 Å². The molecule has 24 heavy (non-hydrogen) atoms. The monoisotopic (exact) mass is 344 g/mol. The number of anilines is 1. The summed E-state index contributed by atoms with van der Waals surface area (Å²) in [6, 6.07) is 14.1. The highest BCUT2D eigenvalue weighted by Crippen LogP contribution is 2.34. The van der Waals surface area contributed by atoms with Gasteiger partial charge in [-0.1, -0.05) is 25.1 Å². The quantitative estimate of drug-likeness (QED) is 0.927. The summed E-state index contributed by atoms with van der Waals surface area (Å²) in [4.78, 5) is 14.8. The Morgan fingerprint density at radius 3 is 2.58 bits per heavy atom. The Bertz CT molecular complexity index is 863. The van der Waals surface area contributed by atoms with Gasteiger partial charge in [-0.15, -0.1) is 0 Å². The van der Waals surface area contributed by atoms with Gasteiger partial charge in [0.15, 0.2) is 0 Å². The molecule has 2 aromatic carbocycles. The summed E-state index contributed by atoms with van der Waals surface area (Å²) in [6.07, 6.45) is 0.642. The van der Waals surface area contributed by atoms with Crippen LogP contribution in [0.4, 0.5) is 5.69 Å². The highest BCUT2D eigenvalue weighted by Gasteiger charge is 2.32. The molecule has 0 aromatic heterocycles. The van der Waals surface area contributed by atoms with Crippen molar-refractivity contribution < 1.29 is 13.2 Å². The van der Waals surface area contributed by atoms with Gasteiger partial charge in [-0.05, 0) is 49.2 Å². The van der Waals surface area contributed by atoms with Gasteiger partial charge in [-0.3, -0.25) is 4.79 Å². The van der Waals surface area contributed by atoms with Gasteiger partial charge in [0.25, 0.3) is 5.91 Å². The van der Waals surface area contributed by atoms with Crippen LogP contribution in [0.2, 0.25) is 0 Å². The van der Waals surface area contributed by atoms with Gasteiger partial charge in [0.05, 0.1) is 4.90 Å². The first-order valence-electron chi connectivity index (χ1n) is 7.95. The fourth-order valence-electron chi connectivity index (χ4n) is 3.08. The lowest BCUT2D eigenvalue weighted by atomic mass is 10.1. The second-order valence-electron chi connectivity index (χ2n) is 5.89. The molecule has 126 valence electrons. The van der Waals surface area contributed by atoms with E-state index in [0.717, 1.165) is 11.3 Å². The molecule has 0 unspecified atom stereocenters. The summed E-state index contributed by atoms with van der Waals surface area (Å²) in [7, 11) is -3.49. The van der Waals surface area contributed by atoms with Crippen molar-refractivity contribution in [3.05, 3.63) is 59.7 Å². The fraction of sp³-hybridized carbons (Fsp3) is 0.278. The van der Waals surface area contributed by atoms with Crippen molar-refractivity contribution in [3.63, 3.8) is 0 Å². The lowest BCUT2D eigenvalue weighted by Gasteiger charge is -2.23. The van der Waals surface area contributed by atoms with Crippen LogP contribution < -0.4 is 9.62 Å². The van der Waals surface area contributed by atoms with Gasteiger partial charge in [-0.2, -0.15) is 0 Å². The number of amides is 1. The van der Waals surface area contributed by atoms with Crippen LogP contribution >= 0.6 is 0 Å². The molecular formula is C18H20N2O3S. The van der Waals surface area contributed by atoms with E-state index in [1.165, 1.54) is 0 Å². The fourth-order valence-corrected chi connectivity index (χ4v) is 4.17. The third-order valence-electron chi connectivity index (χ3n) is 4.15. The molecule has 0 saturated heterocycles. The molecule has 1 aliphatic rings. The van der Waals surface area contributed by atoms with E-state index < -0.39 is 10.0 Å². The second-order valence-corrected chi connectivity index (χ2v) is 7.65. The van der Waals surface area contributed by atoms with Crippen LogP contribution in [0.25, 0.3) is 0 Å².